The Balaban J connectivity index is 1.66. The van der Waals surface area contributed by atoms with Gasteiger partial charge in [0.2, 0.25) is 0 Å². The average Bonchev–Trinajstić information content (AvgIpc) is 3.05. The average molecular weight is 330 g/mol. The highest BCUT2D eigenvalue weighted by atomic mass is 32.1. The number of nitrogens with zero attached hydrogens (tertiary/aromatic N) is 1. The van der Waals surface area contributed by atoms with E-state index in [9.17, 15) is 13.6 Å². The van der Waals surface area contributed by atoms with Gasteiger partial charge in [0, 0.05) is 17.5 Å². The van der Waals surface area contributed by atoms with Gasteiger partial charge in [-0.05, 0) is 42.0 Å². The van der Waals surface area contributed by atoms with Gasteiger partial charge in [-0.25, -0.2) is 13.8 Å². The number of halogens is 2. The quantitative estimate of drug-likeness (QED) is 0.785. The fraction of sp³-hybridized carbons (Fsp3) is 0.0588. The van der Waals surface area contributed by atoms with Gasteiger partial charge in [-0.1, -0.05) is 12.1 Å². The lowest BCUT2D eigenvalue weighted by Crippen LogP contribution is -2.23. The molecular weight excluding hydrogens is 318 g/mol. The van der Waals surface area contributed by atoms with Crippen LogP contribution in [-0.4, -0.2) is 10.9 Å². The second kappa shape index (κ2) is 6.66. The van der Waals surface area contributed by atoms with Gasteiger partial charge in [0.05, 0.1) is 0 Å². The van der Waals surface area contributed by atoms with E-state index in [1.165, 1.54) is 35.6 Å². The summed E-state index contributed by atoms with van der Waals surface area (Å²) in [6.07, 6.45) is 0. The molecule has 116 valence electrons. The summed E-state index contributed by atoms with van der Waals surface area (Å²) in [7, 11) is 0. The molecule has 0 fully saturated rings. The second-order valence-electron chi connectivity index (χ2n) is 4.85. The van der Waals surface area contributed by atoms with Crippen molar-refractivity contribution in [3.63, 3.8) is 0 Å². The maximum Gasteiger partial charge on any atom is 0.271 e. The first-order valence-corrected chi connectivity index (χ1v) is 7.74. The minimum Gasteiger partial charge on any atom is -0.347 e. The molecule has 2 aromatic carbocycles. The smallest absolute Gasteiger partial charge is 0.271 e. The number of carbonyl (C=O) groups excluding carboxylic acids is 1. The van der Waals surface area contributed by atoms with E-state index < -0.39 is 0 Å². The van der Waals surface area contributed by atoms with Crippen molar-refractivity contribution < 1.29 is 13.6 Å². The molecule has 0 aliphatic heterocycles. The van der Waals surface area contributed by atoms with Crippen LogP contribution < -0.4 is 5.32 Å². The zero-order valence-electron chi connectivity index (χ0n) is 11.9. The van der Waals surface area contributed by atoms with Gasteiger partial charge in [-0.15, -0.1) is 11.3 Å². The first-order chi connectivity index (χ1) is 11.1. The number of carbonyl (C=O) groups is 1. The first-order valence-electron chi connectivity index (χ1n) is 6.86. The highest BCUT2D eigenvalue weighted by Gasteiger charge is 2.11. The molecule has 0 unspecified atom stereocenters. The molecule has 0 saturated heterocycles. The summed E-state index contributed by atoms with van der Waals surface area (Å²) in [5.41, 5.74) is 1.86. The van der Waals surface area contributed by atoms with E-state index in [0.29, 0.717) is 17.2 Å². The van der Waals surface area contributed by atoms with Crippen LogP contribution in [0, 0.1) is 11.6 Å². The van der Waals surface area contributed by atoms with Gasteiger partial charge in [-0.2, -0.15) is 0 Å². The summed E-state index contributed by atoms with van der Waals surface area (Å²) in [5, 5.41) is 5.03. The number of benzene rings is 2. The van der Waals surface area contributed by atoms with Crippen LogP contribution >= 0.6 is 11.3 Å². The molecule has 1 heterocycles. The highest BCUT2D eigenvalue weighted by molar-refractivity contribution is 7.13. The van der Waals surface area contributed by atoms with Crippen LogP contribution in [0.5, 0.6) is 0 Å². The third kappa shape index (κ3) is 3.78. The van der Waals surface area contributed by atoms with Crippen LogP contribution in [-0.2, 0) is 6.54 Å². The molecule has 6 heteroatoms. The number of thiazole rings is 1. The molecule has 0 aliphatic carbocycles. The Morgan fingerprint density at radius 1 is 1.00 bits per heavy atom. The lowest BCUT2D eigenvalue weighted by molar-refractivity contribution is 0.0946. The Labute approximate surface area is 135 Å². The van der Waals surface area contributed by atoms with Gasteiger partial charge in [-0.3, -0.25) is 4.79 Å². The summed E-state index contributed by atoms with van der Waals surface area (Å²) < 4.78 is 25.7. The lowest BCUT2D eigenvalue weighted by Gasteiger charge is -2.03. The third-order valence-electron chi connectivity index (χ3n) is 3.19. The summed E-state index contributed by atoms with van der Waals surface area (Å²) >= 11 is 1.32. The molecule has 0 radical (unpaired) electrons. The minimum absolute atomic E-state index is 0.294. The molecule has 23 heavy (non-hydrogen) atoms. The van der Waals surface area contributed by atoms with Gasteiger partial charge in [0.25, 0.3) is 5.91 Å². The molecule has 0 saturated carbocycles. The van der Waals surface area contributed by atoms with Gasteiger partial charge in [0.15, 0.2) is 0 Å². The van der Waals surface area contributed by atoms with Crippen molar-refractivity contribution in [3.8, 4) is 10.6 Å². The third-order valence-corrected chi connectivity index (χ3v) is 4.09. The van der Waals surface area contributed by atoms with Crippen LogP contribution in [0.2, 0.25) is 0 Å². The van der Waals surface area contributed by atoms with E-state index in [1.807, 2.05) is 0 Å². The Kier molecular flexibility index (Phi) is 4.43. The van der Waals surface area contributed by atoms with Crippen molar-refractivity contribution >= 4 is 17.2 Å². The van der Waals surface area contributed by atoms with Crippen molar-refractivity contribution in [1.82, 2.24) is 10.3 Å². The highest BCUT2D eigenvalue weighted by Crippen LogP contribution is 2.23. The molecule has 0 aliphatic rings. The number of aromatic nitrogens is 1. The van der Waals surface area contributed by atoms with E-state index in [-0.39, 0.29) is 17.5 Å². The van der Waals surface area contributed by atoms with Crippen LogP contribution in [0.1, 0.15) is 16.1 Å². The first kappa shape index (κ1) is 15.3. The Bertz CT molecular complexity index is 813. The Morgan fingerprint density at radius 2 is 1.61 bits per heavy atom. The molecule has 1 amide bonds. The molecule has 3 rings (SSSR count). The zero-order chi connectivity index (χ0) is 16.2. The number of hydrogen-bond donors (Lipinski definition) is 1. The molecule has 0 bridgehead atoms. The fourth-order valence-electron chi connectivity index (χ4n) is 1.98. The van der Waals surface area contributed by atoms with Gasteiger partial charge < -0.3 is 5.32 Å². The van der Waals surface area contributed by atoms with E-state index in [1.54, 1.807) is 29.6 Å². The van der Waals surface area contributed by atoms with Crippen LogP contribution in [0.4, 0.5) is 8.78 Å². The molecule has 0 atom stereocenters. The molecule has 1 aromatic heterocycles. The van der Waals surface area contributed by atoms with Crippen molar-refractivity contribution in [2.45, 2.75) is 6.54 Å². The SMILES string of the molecule is O=C(NCc1ccc(F)cc1)c1csc(-c2ccc(F)cc2)n1. The van der Waals surface area contributed by atoms with E-state index in [0.717, 1.165) is 11.1 Å². The molecule has 3 aromatic rings. The lowest BCUT2D eigenvalue weighted by atomic mass is 10.2. The van der Waals surface area contributed by atoms with Crippen molar-refractivity contribution in [3.05, 3.63) is 76.8 Å². The summed E-state index contributed by atoms with van der Waals surface area (Å²) in [6.45, 7) is 0.294. The number of amides is 1. The molecule has 0 spiro atoms. The number of rotatable bonds is 4. The summed E-state index contributed by atoms with van der Waals surface area (Å²) in [6, 6.07) is 11.9. The zero-order valence-corrected chi connectivity index (χ0v) is 12.7. The van der Waals surface area contributed by atoms with Crippen molar-refractivity contribution in [2.24, 2.45) is 0 Å². The van der Waals surface area contributed by atoms with Crippen molar-refractivity contribution in [1.29, 1.82) is 0 Å². The van der Waals surface area contributed by atoms with E-state index in [4.69, 9.17) is 0 Å². The summed E-state index contributed by atoms with van der Waals surface area (Å²) in [4.78, 5) is 16.3. The van der Waals surface area contributed by atoms with Gasteiger partial charge >= 0.3 is 0 Å². The van der Waals surface area contributed by atoms with Crippen LogP contribution in [0.25, 0.3) is 10.6 Å². The van der Waals surface area contributed by atoms with Gasteiger partial charge in [0.1, 0.15) is 22.3 Å². The maximum atomic E-state index is 12.9. The van der Waals surface area contributed by atoms with Crippen LogP contribution in [0.3, 0.4) is 0 Å². The number of nitrogens with one attached hydrogen (secondary N) is 1. The normalized spacial score (nSPS) is 10.5. The largest absolute Gasteiger partial charge is 0.347 e. The fourth-order valence-corrected chi connectivity index (χ4v) is 2.78. The second-order valence-corrected chi connectivity index (χ2v) is 5.71. The summed E-state index contributed by atoms with van der Waals surface area (Å²) in [5.74, 6) is -0.940. The van der Waals surface area contributed by atoms with Crippen molar-refractivity contribution in [2.75, 3.05) is 0 Å². The predicted molar refractivity (Wildman–Crippen MR) is 85.1 cm³/mol. The standard InChI is InChI=1S/C17H12F2N2OS/c18-13-5-1-11(2-6-13)9-20-16(22)15-10-23-17(21-15)12-3-7-14(19)8-4-12/h1-8,10H,9H2,(H,20,22). The Hall–Kier alpha value is -2.60. The van der Waals surface area contributed by atoms with Crippen LogP contribution in [0.15, 0.2) is 53.9 Å². The monoisotopic (exact) mass is 330 g/mol. The Morgan fingerprint density at radius 3 is 2.26 bits per heavy atom. The molecular formula is C17H12F2N2OS. The predicted octanol–water partition coefficient (Wildman–Crippen LogP) is 4.02. The number of hydrogen-bond acceptors (Lipinski definition) is 3. The topological polar surface area (TPSA) is 42.0 Å². The molecule has 1 N–H and O–H groups in total. The van der Waals surface area contributed by atoms with E-state index >= 15 is 0 Å². The maximum absolute atomic E-state index is 12.9. The molecule has 3 nitrogen and oxygen atoms in total. The minimum atomic E-state index is -0.317. The van der Waals surface area contributed by atoms with E-state index in [2.05, 4.69) is 10.3 Å².